The van der Waals surface area contributed by atoms with Crippen molar-refractivity contribution in [1.82, 2.24) is 14.5 Å². The largest absolute Gasteiger partial charge is 0.333 e. The van der Waals surface area contributed by atoms with Gasteiger partial charge < -0.3 is 4.98 Å². The zero-order valence-corrected chi connectivity index (χ0v) is 17.2. The topological polar surface area (TPSA) is 105 Å². The summed E-state index contributed by atoms with van der Waals surface area (Å²) in [6.45, 7) is 0. The lowest BCUT2D eigenvalue weighted by atomic mass is 10.2. The Morgan fingerprint density at radius 3 is 2.50 bits per heavy atom. The number of para-hydroxylation sites is 1. The van der Waals surface area contributed by atoms with Crippen LogP contribution in [0.25, 0.3) is 16.6 Å². The number of benzene rings is 2. The van der Waals surface area contributed by atoms with Crippen LogP contribution in [0.5, 0.6) is 0 Å². The lowest BCUT2D eigenvalue weighted by molar-refractivity contribution is 0.594. The van der Waals surface area contributed by atoms with E-state index in [-0.39, 0.29) is 26.8 Å². The van der Waals surface area contributed by atoms with Gasteiger partial charge in [-0.3, -0.25) is 9.10 Å². The van der Waals surface area contributed by atoms with Gasteiger partial charge in [-0.1, -0.05) is 29.8 Å². The summed E-state index contributed by atoms with van der Waals surface area (Å²) in [5.41, 5.74) is -1.00. The third kappa shape index (κ3) is 3.27. The second-order valence-electron chi connectivity index (χ2n) is 6.39. The molecule has 0 aliphatic heterocycles. The molecule has 0 unspecified atom stereocenters. The number of aromatic amines is 1. The van der Waals surface area contributed by atoms with Crippen LogP contribution in [0, 0.1) is 0 Å². The molecule has 2 heterocycles. The highest BCUT2D eigenvalue weighted by atomic mass is 35.5. The summed E-state index contributed by atoms with van der Waals surface area (Å²) >= 11 is 6.24. The first-order chi connectivity index (χ1) is 14.3. The van der Waals surface area contributed by atoms with Crippen LogP contribution in [-0.2, 0) is 10.0 Å². The van der Waals surface area contributed by atoms with E-state index in [1.165, 1.54) is 31.4 Å². The number of fused-ring (bicyclic) bond motifs is 1. The molecule has 0 aliphatic carbocycles. The summed E-state index contributed by atoms with van der Waals surface area (Å²) in [7, 11) is -2.66. The fraction of sp³-hybridized carbons (Fsp3) is 0.0500. The molecule has 0 spiro atoms. The van der Waals surface area contributed by atoms with Gasteiger partial charge in [-0.05, 0) is 42.5 Å². The standard InChI is InChI=1S/C20H15ClN4O4S/c1-24(18-8-4-5-11-22-18)30(28,29)13-9-10-15(21)17(12-13)25-19(26)14-6-2-3-7-16(14)23-20(25)27/h2-12H,1H3,(H,23,27). The quantitative estimate of drug-likeness (QED) is 0.523. The molecule has 0 radical (unpaired) electrons. The maximum absolute atomic E-state index is 13.1. The third-order valence-corrected chi connectivity index (χ3v) is 6.67. The Hall–Kier alpha value is -3.43. The van der Waals surface area contributed by atoms with Crippen molar-refractivity contribution < 1.29 is 8.42 Å². The van der Waals surface area contributed by atoms with E-state index in [4.69, 9.17) is 11.6 Å². The van der Waals surface area contributed by atoms with Crippen molar-refractivity contribution in [2.24, 2.45) is 0 Å². The molecule has 0 saturated heterocycles. The van der Waals surface area contributed by atoms with E-state index in [1.807, 2.05) is 0 Å². The number of hydrogen-bond donors (Lipinski definition) is 1. The maximum Gasteiger partial charge on any atom is 0.333 e. The van der Waals surface area contributed by atoms with Crippen molar-refractivity contribution >= 4 is 38.3 Å². The summed E-state index contributed by atoms with van der Waals surface area (Å²) in [4.78, 5) is 32.0. The van der Waals surface area contributed by atoms with Crippen molar-refractivity contribution in [2.75, 3.05) is 11.4 Å². The van der Waals surface area contributed by atoms with Crippen LogP contribution < -0.4 is 15.6 Å². The van der Waals surface area contributed by atoms with Crippen LogP contribution in [0.15, 0.2) is 81.3 Å². The highest BCUT2D eigenvalue weighted by molar-refractivity contribution is 7.92. The maximum atomic E-state index is 13.1. The van der Waals surface area contributed by atoms with Crippen LogP contribution in [0.3, 0.4) is 0 Å². The van der Waals surface area contributed by atoms with Gasteiger partial charge in [0.25, 0.3) is 15.6 Å². The molecule has 8 nitrogen and oxygen atoms in total. The van der Waals surface area contributed by atoms with E-state index < -0.39 is 21.3 Å². The van der Waals surface area contributed by atoms with Gasteiger partial charge in [0.1, 0.15) is 5.82 Å². The first kappa shape index (κ1) is 19.9. The number of pyridine rings is 1. The van der Waals surface area contributed by atoms with E-state index in [0.717, 1.165) is 8.87 Å². The fourth-order valence-corrected chi connectivity index (χ4v) is 4.40. The first-order valence-corrected chi connectivity index (χ1v) is 10.6. The second kappa shape index (κ2) is 7.43. The van der Waals surface area contributed by atoms with Gasteiger partial charge >= 0.3 is 5.69 Å². The van der Waals surface area contributed by atoms with Crippen LogP contribution in [0.4, 0.5) is 5.82 Å². The summed E-state index contributed by atoms with van der Waals surface area (Å²) in [5, 5.41) is 0.323. The Labute approximate surface area is 176 Å². The molecule has 30 heavy (non-hydrogen) atoms. The summed E-state index contributed by atoms with van der Waals surface area (Å²) < 4.78 is 28.0. The monoisotopic (exact) mass is 442 g/mol. The van der Waals surface area contributed by atoms with Crippen LogP contribution in [0.2, 0.25) is 5.02 Å². The highest BCUT2D eigenvalue weighted by Gasteiger charge is 2.24. The number of halogens is 1. The minimum atomic E-state index is -4.02. The van der Waals surface area contributed by atoms with E-state index >= 15 is 0 Å². The molecule has 0 bridgehead atoms. The number of sulfonamides is 1. The molecule has 4 rings (SSSR count). The Bertz CT molecular complexity index is 1480. The number of aromatic nitrogens is 3. The Balaban J connectivity index is 1.91. The van der Waals surface area contributed by atoms with E-state index in [1.54, 1.807) is 42.5 Å². The number of nitrogens with zero attached hydrogens (tertiary/aromatic N) is 3. The molecular weight excluding hydrogens is 428 g/mol. The molecule has 1 N–H and O–H groups in total. The number of anilines is 1. The molecule has 4 aromatic rings. The van der Waals surface area contributed by atoms with Crippen LogP contribution >= 0.6 is 11.6 Å². The molecule has 2 aromatic heterocycles. The van der Waals surface area contributed by atoms with Crippen molar-refractivity contribution in [3.8, 4) is 5.69 Å². The number of hydrogen-bond acceptors (Lipinski definition) is 5. The molecule has 0 amide bonds. The molecule has 0 saturated carbocycles. The molecular formula is C20H15ClN4O4S. The molecule has 0 atom stereocenters. The van der Waals surface area contributed by atoms with Gasteiger partial charge in [0.05, 0.1) is 26.5 Å². The van der Waals surface area contributed by atoms with Gasteiger partial charge in [0.2, 0.25) is 0 Å². The average Bonchev–Trinajstić information content (AvgIpc) is 2.75. The predicted octanol–water partition coefficient (Wildman–Crippen LogP) is 2.55. The molecule has 2 aromatic carbocycles. The zero-order chi connectivity index (χ0) is 21.5. The van der Waals surface area contributed by atoms with Gasteiger partial charge in [0, 0.05) is 13.2 Å². The third-order valence-electron chi connectivity index (χ3n) is 4.59. The molecule has 0 fully saturated rings. The van der Waals surface area contributed by atoms with Crippen molar-refractivity contribution in [1.29, 1.82) is 0 Å². The van der Waals surface area contributed by atoms with Gasteiger partial charge in [-0.15, -0.1) is 0 Å². The van der Waals surface area contributed by atoms with E-state index in [9.17, 15) is 18.0 Å². The average molecular weight is 443 g/mol. The number of H-pyrrole nitrogens is 1. The number of rotatable bonds is 4. The summed E-state index contributed by atoms with van der Waals surface area (Å²) in [5.74, 6) is 0.217. The lowest BCUT2D eigenvalue weighted by Gasteiger charge is -2.19. The van der Waals surface area contributed by atoms with Crippen molar-refractivity contribution in [3.63, 3.8) is 0 Å². The van der Waals surface area contributed by atoms with E-state index in [2.05, 4.69) is 9.97 Å². The lowest BCUT2D eigenvalue weighted by Crippen LogP contribution is -2.34. The predicted molar refractivity (Wildman–Crippen MR) is 115 cm³/mol. The van der Waals surface area contributed by atoms with Crippen molar-refractivity contribution in [3.05, 3.63) is 92.7 Å². The Kier molecular flexibility index (Phi) is 4.92. The molecule has 0 aliphatic rings. The normalized spacial score (nSPS) is 11.5. The minimum Gasteiger partial charge on any atom is -0.306 e. The van der Waals surface area contributed by atoms with Crippen LogP contribution in [0.1, 0.15) is 0 Å². The fourth-order valence-electron chi connectivity index (χ4n) is 3.03. The van der Waals surface area contributed by atoms with Gasteiger partial charge in [-0.25, -0.2) is 22.8 Å². The van der Waals surface area contributed by atoms with Gasteiger partial charge in [0.15, 0.2) is 0 Å². The number of nitrogens with one attached hydrogen (secondary N) is 1. The SMILES string of the molecule is CN(c1ccccn1)S(=O)(=O)c1ccc(Cl)c(-n2c(=O)[nH]c3ccccc3c2=O)c1. The summed E-state index contributed by atoms with van der Waals surface area (Å²) in [6.07, 6.45) is 1.48. The second-order valence-corrected chi connectivity index (χ2v) is 8.77. The summed E-state index contributed by atoms with van der Waals surface area (Å²) in [6, 6.07) is 15.2. The highest BCUT2D eigenvalue weighted by Crippen LogP contribution is 2.26. The Morgan fingerprint density at radius 2 is 1.77 bits per heavy atom. The smallest absolute Gasteiger partial charge is 0.306 e. The van der Waals surface area contributed by atoms with Crippen molar-refractivity contribution in [2.45, 2.75) is 4.90 Å². The van der Waals surface area contributed by atoms with Crippen LogP contribution in [-0.4, -0.2) is 30.0 Å². The Morgan fingerprint density at radius 1 is 1.03 bits per heavy atom. The minimum absolute atomic E-state index is 0.0378. The molecule has 10 heteroatoms. The zero-order valence-electron chi connectivity index (χ0n) is 15.6. The van der Waals surface area contributed by atoms with E-state index in [0.29, 0.717) is 5.52 Å². The molecule has 152 valence electrons. The van der Waals surface area contributed by atoms with Gasteiger partial charge in [-0.2, -0.15) is 0 Å². The first-order valence-electron chi connectivity index (χ1n) is 8.74.